The molecule has 0 saturated heterocycles. The van der Waals surface area contributed by atoms with Gasteiger partial charge >= 0.3 is 0 Å². The molecule has 0 spiro atoms. The van der Waals surface area contributed by atoms with Crippen LogP contribution in [-0.2, 0) is 12.0 Å². The molecule has 2 aromatic heterocycles. The van der Waals surface area contributed by atoms with Gasteiger partial charge in [0.25, 0.3) is 5.91 Å². The lowest BCUT2D eigenvalue weighted by molar-refractivity contribution is 0.101. The molecule has 0 bridgehead atoms. The highest BCUT2D eigenvalue weighted by Crippen LogP contribution is 2.37. The van der Waals surface area contributed by atoms with Crippen LogP contribution in [0.15, 0.2) is 97.2 Å². The van der Waals surface area contributed by atoms with Crippen molar-refractivity contribution in [3.05, 3.63) is 114 Å². The van der Waals surface area contributed by atoms with E-state index in [0.717, 1.165) is 32.9 Å². The van der Waals surface area contributed by atoms with Crippen LogP contribution in [0, 0.1) is 0 Å². The second kappa shape index (κ2) is 11.7. The number of hydrogen-bond acceptors (Lipinski definition) is 6. The van der Waals surface area contributed by atoms with Crippen molar-refractivity contribution in [2.24, 2.45) is 0 Å². The number of ether oxygens (including phenoxy) is 3. The van der Waals surface area contributed by atoms with Crippen molar-refractivity contribution in [3.8, 4) is 23.0 Å². The number of benzene rings is 4. The molecular weight excluding hydrogens is 552 g/mol. The van der Waals surface area contributed by atoms with Gasteiger partial charge in [-0.2, -0.15) is 5.10 Å². The van der Waals surface area contributed by atoms with E-state index in [1.807, 2.05) is 91.0 Å². The summed E-state index contributed by atoms with van der Waals surface area (Å²) in [5, 5.41) is 10.6. The number of anilines is 1. The molecule has 0 atom stereocenters. The number of pyridine rings is 1. The zero-order valence-electron chi connectivity index (χ0n) is 25.4. The molecule has 0 aliphatic rings. The van der Waals surface area contributed by atoms with Crippen LogP contribution in [0.25, 0.3) is 21.7 Å². The predicted octanol–water partition coefficient (Wildman–Crippen LogP) is 7.99. The summed E-state index contributed by atoms with van der Waals surface area (Å²) < 4.78 is 19.0. The number of nitrogens with one attached hydrogen (secondary N) is 1. The molecule has 2 heterocycles. The fourth-order valence-corrected chi connectivity index (χ4v) is 5.07. The monoisotopic (exact) mass is 586 g/mol. The first-order valence-corrected chi connectivity index (χ1v) is 14.4. The van der Waals surface area contributed by atoms with E-state index in [-0.39, 0.29) is 11.3 Å². The van der Waals surface area contributed by atoms with E-state index in [1.165, 1.54) is 0 Å². The molecule has 1 N–H and O–H groups in total. The van der Waals surface area contributed by atoms with E-state index in [4.69, 9.17) is 19.3 Å². The zero-order valence-corrected chi connectivity index (χ0v) is 25.4. The lowest BCUT2D eigenvalue weighted by Crippen LogP contribution is -2.18. The zero-order chi connectivity index (χ0) is 30.8. The van der Waals surface area contributed by atoms with Crippen LogP contribution in [0.3, 0.4) is 0 Å². The highest BCUT2D eigenvalue weighted by Gasteiger charge is 2.23. The van der Waals surface area contributed by atoms with Crippen LogP contribution in [0.1, 0.15) is 42.5 Å². The van der Waals surface area contributed by atoms with E-state index < -0.39 is 0 Å². The molecule has 6 aromatic rings. The predicted molar refractivity (Wildman–Crippen MR) is 173 cm³/mol. The van der Waals surface area contributed by atoms with Crippen LogP contribution in [-0.4, -0.2) is 34.9 Å². The van der Waals surface area contributed by atoms with Crippen molar-refractivity contribution in [1.29, 1.82) is 0 Å². The maximum absolute atomic E-state index is 13.5. The average Bonchev–Trinajstić information content (AvgIpc) is 3.46. The summed E-state index contributed by atoms with van der Waals surface area (Å²) in [5.74, 6) is 2.33. The Morgan fingerprint density at radius 1 is 0.818 bits per heavy atom. The molecule has 0 aliphatic carbocycles. The molecule has 6 rings (SSSR count). The van der Waals surface area contributed by atoms with Gasteiger partial charge in [0.2, 0.25) is 0 Å². The van der Waals surface area contributed by atoms with E-state index >= 15 is 0 Å². The second-order valence-corrected chi connectivity index (χ2v) is 11.6. The van der Waals surface area contributed by atoms with Gasteiger partial charge in [0.1, 0.15) is 17.2 Å². The number of rotatable bonds is 8. The van der Waals surface area contributed by atoms with Crippen molar-refractivity contribution in [3.63, 3.8) is 0 Å². The van der Waals surface area contributed by atoms with E-state index in [0.29, 0.717) is 40.9 Å². The molecule has 1 amide bonds. The number of hydrogen-bond donors (Lipinski definition) is 1. The third-order valence-corrected chi connectivity index (χ3v) is 7.46. The summed E-state index contributed by atoms with van der Waals surface area (Å²) in [7, 11) is 3.20. The van der Waals surface area contributed by atoms with Gasteiger partial charge in [-0.05, 0) is 58.8 Å². The Bertz CT molecular complexity index is 1980. The van der Waals surface area contributed by atoms with Crippen molar-refractivity contribution < 1.29 is 19.0 Å². The number of methoxy groups -OCH3 is 2. The molecular formula is C36H34N4O4. The molecule has 0 aliphatic heterocycles. The Balaban J connectivity index is 1.24. The standard InChI is InChI=1S/C36H34N4O4/c1-36(2,3)34-21-30(40(39-34)22-23-9-7-6-8-10-23)35(41)38-26-13-11-25-18-27(14-12-24(25)17-26)44-31-15-16-37-29-20-33(43-5)32(42-4)19-28(29)31/h6-21H,22H2,1-5H3,(H,38,41). The number of carbonyl (C=O) groups excluding carboxylic acids is 1. The number of aromatic nitrogens is 3. The Hall–Kier alpha value is -5.37. The fourth-order valence-electron chi connectivity index (χ4n) is 5.07. The molecule has 44 heavy (non-hydrogen) atoms. The van der Waals surface area contributed by atoms with Crippen LogP contribution < -0.4 is 19.5 Å². The minimum Gasteiger partial charge on any atom is -0.493 e. The smallest absolute Gasteiger partial charge is 0.273 e. The van der Waals surface area contributed by atoms with E-state index in [2.05, 4.69) is 31.1 Å². The molecule has 0 fully saturated rings. The number of fused-ring (bicyclic) bond motifs is 2. The quantitative estimate of drug-likeness (QED) is 0.195. The lowest BCUT2D eigenvalue weighted by atomic mass is 9.92. The fraction of sp³-hybridized carbons (Fsp3) is 0.194. The minimum absolute atomic E-state index is 0.193. The summed E-state index contributed by atoms with van der Waals surface area (Å²) >= 11 is 0. The lowest BCUT2D eigenvalue weighted by Gasteiger charge is -2.14. The molecule has 0 unspecified atom stereocenters. The van der Waals surface area contributed by atoms with E-state index in [9.17, 15) is 4.79 Å². The van der Waals surface area contributed by atoms with Gasteiger partial charge in [0, 0.05) is 28.8 Å². The maximum atomic E-state index is 13.5. The maximum Gasteiger partial charge on any atom is 0.273 e. The normalized spacial score (nSPS) is 11.5. The van der Waals surface area contributed by atoms with Gasteiger partial charge in [-0.3, -0.25) is 14.5 Å². The highest BCUT2D eigenvalue weighted by atomic mass is 16.5. The molecule has 8 heteroatoms. The minimum atomic E-state index is -0.208. The van der Waals surface area contributed by atoms with Gasteiger partial charge < -0.3 is 19.5 Å². The first kappa shape index (κ1) is 28.7. The van der Waals surface area contributed by atoms with Crippen molar-refractivity contribution in [1.82, 2.24) is 14.8 Å². The molecule has 0 saturated carbocycles. The van der Waals surface area contributed by atoms with Gasteiger partial charge in [0.15, 0.2) is 11.5 Å². The Labute approximate surface area is 256 Å². The third-order valence-electron chi connectivity index (χ3n) is 7.46. The summed E-state index contributed by atoms with van der Waals surface area (Å²) in [6.45, 7) is 6.79. The highest BCUT2D eigenvalue weighted by molar-refractivity contribution is 6.04. The first-order chi connectivity index (χ1) is 21.2. The van der Waals surface area contributed by atoms with Gasteiger partial charge in [-0.1, -0.05) is 63.2 Å². The Morgan fingerprint density at radius 3 is 2.30 bits per heavy atom. The summed E-state index contributed by atoms with van der Waals surface area (Å²) in [6, 6.07) is 29.1. The average molecular weight is 587 g/mol. The Kier molecular flexibility index (Phi) is 7.66. The summed E-state index contributed by atoms with van der Waals surface area (Å²) in [5.41, 5.74) is 3.70. The van der Waals surface area contributed by atoms with Gasteiger partial charge in [-0.15, -0.1) is 0 Å². The number of carbonyl (C=O) groups is 1. The molecule has 0 radical (unpaired) electrons. The van der Waals surface area contributed by atoms with Crippen molar-refractivity contribution >= 4 is 33.3 Å². The van der Waals surface area contributed by atoms with Crippen LogP contribution in [0.2, 0.25) is 0 Å². The summed E-state index contributed by atoms with van der Waals surface area (Å²) in [6.07, 6.45) is 1.70. The summed E-state index contributed by atoms with van der Waals surface area (Å²) in [4.78, 5) is 18.0. The van der Waals surface area contributed by atoms with E-state index in [1.54, 1.807) is 25.1 Å². The molecule has 4 aromatic carbocycles. The number of nitrogens with zero attached hydrogens (tertiary/aromatic N) is 3. The molecule has 222 valence electrons. The van der Waals surface area contributed by atoms with Gasteiger partial charge in [-0.25, -0.2) is 0 Å². The van der Waals surface area contributed by atoms with Crippen LogP contribution >= 0.6 is 0 Å². The van der Waals surface area contributed by atoms with Crippen LogP contribution in [0.4, 0.5) is 5.69 Å². The molecule has 8 nitrogen and oxygen atoms in total. The second-order valence-electron chi connectivity index (χ2n) is 11.6. The number of amides is 1. The SMILES string of the molecule is COc1cc2nccc(Oc3ccc4cc(NC(=O)c5cc(C(C)(C)C)nn5Cc5ccccc5)ccc4c3)c2cc1OC. The van der Waals surface area contributed by atoms with Gasteiger partial charge in [0.05, 0.1) is 32.0 Å². The Morgan fingerprint density at radius 2 is 1.55 bits per heavy atom. The largest absolute Gasteiger partial charge is 0.493 e. The van der Waals surface area contributed by atoms with Crippen molar-refractivity contribution in [2.45, 2.75) is 32.7 Å². The van der Waals surface area contributed by atoms with Crippen LogP contribution in [0.5, 0.6) is 23.0 Å². The first-order valence-electron chi connectivity index (χ1n) is 14.4. The third kappa shape index (κ3) is 5.92. The topological polar surface area (TPSA) is 87.5 Å². The van der Waals surface area contributed by atoms with Crippen molar-refractivity contribution in [2.75, 3.05) is 19.5 Å².